The molecule has 0 unspecified atom stereocenters. The van der Waals surface area contributed by atoms with Crippen LogP contribution in [0.5, 0.6) is 5.75 Å². The highest BCUT2D eigenvalue weighted by atomic mass is 16.5. The number of H-pyrrole nitrogens is 1. The molecule has 0 aliphatic carbocycles. The number of nitrogens with two attached hydrogens (primary N) is 1. The number of imidazole rings is 1. The number of ether oxygens (including phenoxy) is 2. The predicted molar refractivity (Wildman–Crippen MR) is 264 cm³/mol. The zero-order chi connectivity index (χ0) is 44.9. The first-order valence-corrected chi connectivity index (χ1v) is 21.1. The van der Waals surface area contributed by atoms with Crippen molar-refractivity contribution < 1.29 is 14.3 Å². The van der Waals surface area contributed by atoms with Gasteiger partial charge in [-0.2, -0.15) is 0 Å². The number of hydrogen-bond donors (Lipinski definition) is 2. The van der Waals surface area contributed by atoms with E-state index in [1.165, 1.54) is 23.8 Å². The molecule has 2 heterocycles. The van der Waals surface area contributed by atoms with Gasteiger partial charge in [-0.25, -0.2) is 9.97 Å². The van der Waals surface area contributed by atoms with Gasteiger partial charge in [0, 0.05) is 38.1 Å². The Morgan fingerprint density at radius 2 is 1.61 bits per heavy atom. The molecule has 61 heavy (non-hydrogen) atoms. The van der Waals surface area contributed by atoms with Gasteiger partial charge in [0.05, 0.1) is 25.7 Å². The van der Waals surface area contributed by atoms with Crippen LogP contribution in [-0.2, 0) is 22.4 Å². The minimum absolute atomic E-state index is 0. The molecule has 4 aromatic rings. The van der Waals surface area contributed by atoms with E-state index in [9.17, 15) is 4.79 Å². The van der Waals surface area contributed by atoms with Crippen LogP contribution in [0.1, 0.15) is 106 Å². The lowest BCUT2D eigenvalue weighted by atomic mass is 10.0. The number of rotatable bonds is 18. The highest BCUT2D eigenvalue weighted by Gasteiger charge is 2.16. The Labute approximate surface area is 370 Å². The lowest BCUT2D eigenvalue weighted by Crippen LogP contribution is -2.26. The number of methoxy groups -OCH3 is 1. The molecule has 2 aromatic heterocycles. The summed E-state index contributed by atoms with van der Waals surface area (Å²) >= 11 is 0. The Kier molecular flexibility index (Phi) is 28.9. The number of esters is 1. The molecule has 0 amide bonds. The van der Waals surface area contributed by atoms with Crippen molar-refractivity contribution in [1.29, 1.82) is 0 Å². The fraction of sp³-hybridized carbons (Fsp3) is 0.377. The number of aromatic amines is 1. The van der Waals surface area contributed by atoms with Gasteiger partial charge in [0.25, 0.3) is 0 Å². The number of allylic oxidation sites excluding steroid dienone is 8. The minimum atomic E-state index is -0.243. The molecule has 332 valence electrons. The Morgan fingerprint density at radius 3 is 2.16 bits per heavy atom. The summed E-state index contributed by atoms with van der Waals surface area (Å²) in [5, 5.41) is 0. The van der Waals surface area contributed by atoms with E-state index in [4.69, 9.17) is 20.2 Å². The molecule has 0 saturated heterocycles. The summed E-state index contributed by atoms with van der Waals surface area (Å²) in [6, 6.07) is 16.3. The number of aryl methyl sites for hydroxylation is 1. The Bertz CT molecular complexity index is 1990. The van der Waals surface area contributed by atoms with Crippen molar-refractivity contribution in [3.63, 3.8) is 0 Å². The third-order valence-electron chi connectivity index (χ3n) is 9.30. The molecular formula is C53H77N5O3. The molecule has 4 rings (SSSR count). The molecule has 0 bridgehead atoms. The molecule has 0 spiro atoms. The highest BCUT2D eigenvalue weighted by molar-refractivity contribution is 5.74. The first-order valence-electron chi connectivity index (χ1n) is 21.1. The van der Waals surface area contributed by atoms with Gasteiger partial charge in [0.1, 0.15) is 17.4 Å². The van der Waals surface area contributed by atoms with Gasteiger partial charge in [0.2, 0.25) is 0 Å². The summed E-state index contributed by atoms with van der Waals surface area (Å²) in [7, 11) is 1.40. The van der Waals surface area contributed by atoms with Crippen LogP contribution in [0.25, 0.3) is 22.5 Å². The van der Waals surface area contributed by atoms with Crippen molar-refractivity contribution in [1.82, 2.24) is 15.0 Å². The van der Waals surface area contributed by atoms with E-state index in [0.717, 1.165) is 88.7 Å². The SMILES string of the molecule is C.C=C(C)/C(C)=C/C=C(\C)CC.C=CC.CC.CCN(C/C(C)=C\CC/C=C\N)c1ncc(CCOc2ccc(-c3ccc(CC(=O)OC)cc3)cc2C)cc1-c1ncc[nH]1. The van der Waals surface area contributed by atoms with Crippen LogP contribution in [0.2, 0.25) is 0 Å². The fourth-order valence-corrected chi connectivity index (χ4v) is 5.55. The summed E-state index contributed by atoms with van der Waals surface area (Å²) in [6.45, 7) is 30.0. The quantitative estimate of drug-likeness (QED) is 0.0445. The Morgan fingerprint density at radius 1 is 0.934 bits per heavy atom. The molecule has 0 fully saturated rings. The third kappa shape index (κ3) is 20.8. The highest BCUT2D eigenvalue weighted by Crippen LogP contribution is 2.30. The number of nitrogens with zero attached hydrogens (tertiary/aromatic N) is 3. The lowest BCUT2D eigenvalue weighted by Gasteiger charge is -2.25. The standard InChI is InChI=1S/C36H43N5O3.C11H18.C3H6.C2H6.CH4/c1-5-41(25-26(2)9-7-6-8-17-37)36-32(35-38-18-19-39-35)22-29(24-40-36)16-20-44-33-15-14-31(21-27(33)3)30-12-10-28(11-13-30)23-34(42)43-4;1-6-10(4)7-8-11(5)9(2)3;1-3-2;1-2;/h8-15,17-19,21-22,24H,5-7,16,20,23,25,37H2,1-4H3,(H,38,39);7-8H,2,6H2,1,3-5H3;3H,1H2,2H3;1-2H3;1H4/b17-8-,26-9-;10-7+,11-8+;;;. The molecule has 2 aromatic carbocycles. The van der Waals surface area contributed by atoms with Crippen LogP contribution in [-0.4, -0.2) is 47.7 Å². The average Bonchev–Trinajstić information content (AvgIpc) is 3.81. The first kappa shape index (κ1) is 55.1. The Hall–Kier alpha value is -5.89. The van der Waals surface area contributed by atoms with Gasteiger partial charge in [-0.3, -0.25) is 4.79 Å². The number of carbonyl (C=O) groups excluding carboxylic acids is 1. The Balaban J connectivity index is 0.00000181. The van der Waals surface area contributed by atoms with Gasteiger partial charge in [-0.15, -0.1) is 6.58 Å². The van der Waals surface area contributed by atoms with Gasteiger partial charge >= 0.3 is 5.97 Å². The summed E-state index contributed by atoms with van der Waals surface area (Å²) in [5.74, 6) is 2.32. The van der Waals surface area contributed by atoms with Crippen LogP contribution in [0.3, 0.4) is 0 Å². The second-order valence-corrected chi connectivity index (χ2v) is 14.2. The molecular weight excluding hydrogens is 755 g/mol. The number of benzene rings is 2. The van der Waals surface area contributed by atoms with E-state index in [2.05, 4.69) is 106 Å². The van der Waals surface area contributed by atoms with Crippen molar-refractivity contribution in [3.8, 4) is 28.3 Å². The maximum atomic E-state index is 11.5. The van der Waals surface area contributed by atoms with Crippen LogP contribution < -0.4 is 15.4 Å². The lowest BCUT2D eigenvalue weighted by molar-refractivity contribution is -0.139. The summed E-state index contributed by atoms with van der Waals surface area (Å²) in [5.41, 5.74) is 16.8. The maximum absolute atomic E-state index is 11.5. The molecule has 8 heteroatoms. The number of aromatic nitrogens is 3. The normalized spacial score (nSPS) is 11.1. The van der Waals surface area contributed by atoms with E-state index in [-0.39, 0.29) is 19.8 Å². The zero-order valence-electron chi connectivity index (χ0n) is 38.5. The van der Waals surface area contributed by atoms with Crippen molar-refractivity contribution >= 4 is 11.8 Å². The third-order valence-corrected chi connectivity index (χ3v) is 9.30. The largest absolute Gasteiger partial charge is 0.493 e. The number of anilines is 1. The monoisotopic (exact) mass is 832 g/mol. The second kappa shape index (κ2) is 32.0. The van der Waals surface area contributed by atoms with Crippen molar-refractivity contribution in [3.05, 3.63) is 156 Å². The van der Waals surface area contributed by atoms with E-state index < -0.39 is 0 Å². The van der Waals surface area contributed by atoms with Gasteiger partial charge in [-0.1, -0.05) is 112 Å². The van der Waals surface area contributed by atoms with E-state index in [0.29, 0.717) is 13.0 Å². The first-order chi connectivity index (χ1) is 28.9. The number of nitrogens with one attached hydrogen (secondary N) is 1. The molecule has 0 aliphatic heterocycles. The summed E-state index contributed by atoms with van der Waals surface area (Å²) < 4.78 is 11.0. The number of likely N-dealkylation sites (N-methyl/N-ethyl adjacent to an activating group) is 1. The smallest absolute Gasteiger partial charge is 0.309 e. The van der Waals surface area contributed by atoms with Gasteiger partial charge in [0.15, 0.2) is 0 Å². The maximum Gasteiger partial charge on any atom is 0.309 e. The van der Waals surface area contributed by atoms with E-state index in [1.807, 2.05) is 76.5 Å². The molecule has 0 saturated carbocycles. The van der Waals surface area contributed by atoms with E-state index >= 15 is 0 Å². The van der Waals surface area contributed by atoms with Crippen LogP contribution in [0, 0.1) is 6.92 Å². The van der Waals surface area contributed by atoms with Gasteiger partial charge < -0.3 is 25.1 Å². The fourth-order valence-electron chi connectivity index (χ4n) is 5.55. The van der Waals surface area contributed by atoms with Crippen LogP contribution in [0.15, 0.2) is 139 Å². The van der Waals surface area contributed by atoms with Crippen LogP contribution in [0.4, 0.5) is 5.82 Å². The predicted octanol–water partition coefficient (Wildman–Crippen LogP) is 13.5. The average molecular weight is 832 g/mol. The molecule has 3 N–H and O–H groups in total. The molecule has 0 radical (unpaired) electrons. The molecule has 8 nitrogen and oxygen atoms in total. The number of carbonyl (C=O) groups is 1. The van der Waals surface area contributed by atoms with Gasteiger partial charge in [-0.05, 0) is 126 Å². The topological polar surface area (TPSA) is 106 Å². The van der Waals surface area contributed by atoms with Crippen LogP contribution >= 0.6 is 0 Å². The summed E-state index contributed by atoms with van der Waals surface area (Å²) in [6.07, 6.45) is 21.4. The number of unbranched alkanes of at least 4 members (excludes halogenated alkanes) is 1. The minimum Gasteiger partial charge on any atom is -0.493 e. The molecule has 0 aliphatic rings. The molecule has 0 atom stereocenters. The summed E-state index contributed by atoms with van der Waals surface area (Å²) in [4.78, 5) is 26.5. The van der Waals surface area contributed by atoms with Crippen molar-refractivity contribution in [2.24, 2.45) is 5.73 Å². The number of hydrogen-bond acceptors (Lipinski definition) is 7. The zero-order valence-corrected chi connectivity index (χ0v) is 38.5. The number of pyridine rings is 1. The van der Waals surface area contributed by atoms with Crippen molar-refractivity contribution in [2.75, 3.05) is 31.7 Å². The second-order valence-electron chi connectivity index (χ2n) is 14.2. The van der Waals surface area contributed by atoms with E-state index in [1.54, 1.807) is 18.5 Å². The van der Waals surface area contributed by atoms with Crippen molar-refractivity contribution in [2.45, 2.75) is 109 Å².